The molecule has 1 aromatic carbocycles. The Morgan fingerprint density at radius 1 is 1.16 bits per heavy atom. The zero-order valence-corrected chi connectivity index (χ0v) is 16.0. The maximum absolute atomic E-state index is 12.7. The summed E-state index contributed by atoms with van der Waals surface area (Å²) in [5.74, 6) is 1.54. The molecule has 1 N–H and O–H groups in total. The molecular weight excluding hydrogens is 392 g/mol. The lowest BCUT2D eigenvalue weighted by atomic mass is 10.1. The van der Waals surface area contributed by atoms with Crippen LogP contribution in [0.25, 0.3) is 0 Å². The van der Waals surface area contributed by atoms with E-state index in [0.29, 0.717) is 45.5 Å². The van der Waals surface area contributed by atoms with Gasteiger partial charge in [-0.05, 0) is 41.1 Å². The molecular formula is C17H19BrN2O5. The molecule has 1 aromatic heterocycles. The van der Waals surface area contributed by atoms with Crippen LogP contribution in [0.1, 0.15) is 17.3 Å². The lowest BCUT2D eigenvalue weighted by Gasteiger charge is -2.17. The number of nitrogens with one attached hydrogen (secondary N) is 1. The number of methoxy groups -OCH3 is 3. The van der Waals surface area contributed by atoms with Crippen molar-refractivity contribution < 1.29 is 23.7 Å². The number of rotatable bonds is 7. The van der Waals surface area contributed by atoms with Gasteiger partial charge in [0.25, 0.3) is 5.91 Å². The van der Waals surface area contributed by atoms with Gasteiger partial charge in [0.05, 0.1) is 38.0 Å². The molecule has 1 amide bonds. The van der Waals surface area contributed by atoms with Crippen LogP contribution < -0.4 is 24.3 Å². The number of pyridine rings is 1. The summed E-state index contributed by atoms with van der Waals surface area (Å²) in [5, 5.41) is 2.74. The molecule has 0 fully saturated rings. The van der Waals surface area contributed by atoms with Crippen LogP contribution >= 0.6 is 15.9 Å². The minimum absolute atomic E-state index is 0.308. The first-order valence-corrected chi connectivity index (χ1v) is 8.24. The van der Waals surface area contributed by atoms with Crippen molar-refractivity contribution in [3.05, 3.63) is 34.4 Å². The minimum Gasteiger partial charge on any atom is -0.493 e. The summed E-state index contributed by atoms with van der Waals surface area (Å²) in [6.07, 6.45) is 1.57. The monoisotopic (exact) mass is 410 g/mol. The van der Waals surface area contributed by atoms with Crippen molar-refractivity contribution in [3.8, 4) is 23.0 Å². The molecule has 25 heavy (non-hydrogen) atoms. The quantitative estimate of drug-likeness (QED) is 0.751. The maximum atomic E-state index is 12.7. The van der Waals surface area contributed by atoms with E-state index >= 15 is 0 Å². The zero-order chi connectivity index (χ0) is 18.4. The highest BCUT2D eigenvalue weighted by atomic mass is 79.9. The fourth-order valence-electron chi connectivity index (χ4n) is 2.22. The highest BCUT2D eigenvalue weighted by Crippen LogP contribution is 2.44. The standard InChI is InChI=1S/C17H19BrN2O5/c1-5-25-11-7-6-8-19-16(11)20-17(21)10-9-12(22-2)14(23-3)15(24-4)13(10)18/h6-9H,5H2,1-4H3,(H,19,20,21). The van der Waals surface area contributed by atoms with Gasteiger partial charge in [-0.1, -0.05) is 0 Å². The third kappa shape index (κ3) is 3.96. The van der Waals surface area contributed by atoms with Crippen LogP contribution in [-0.4, -0.2) is 38.8 Å². The van der Waals surface area contributed by atoms with Crippen molar-refractivity contribution in [2.24, 2.45) is 0 Å². The summed E-state index contributed by atoms with van der Waals surface area (Å²) in [7, 11) is 4.46. The summed E-state index contributed by atoms with van der Waals surface area (Å²) >= 11 is 3.39. The van der Waals surface area contributed by atoms with Gasteiger partial charge in [-0.2, -0.15) is 0 Å². The number of hydrogen-bond donors (Lipinski definition) is 1. The number of ether oxygens (including phenoxy) is 4. The minimum atomic E-state index is -0.397. The largest absolute Gasteiger partial charge is 0.493 e. The number of carbonyl (C=O) groups is 1. The average molecular weight is 411 g/mol. The van der Waals surface area contributed by atoms with Gasteiger partial charge in [0.1, 0.15) is 0 Å². The van der Waals surface area contributed by atoms with E-state index in [1.807, 2.05) is 6.92 Å². The lowest BCUT2D eigenvalue weighted by Crippen LogP contribution is -2.15. The number of carbonyl (C=O) groups excluding carboxylic acids is 1. The Morgan fingerprint density at radius 3 is 2.48 bits per heavy atom. The van der Waals surface area contributed by atoms with E-state index in [-0.39, 0.29) is 0 Å². The van der Waals surface area contributed by atoms with Gasteiger partial charge in [-0.25, -0.2) is 4.98 Å². The molecule has 0 unspecified atom stereocenters. The summed E-state index contributed by atoms with van der Waals surface area (Å²) < 4.78 is 21.8. The van der Waals surface area contributed by atoms with Crippen LogP contribution in [0.4, 0.5) is 5.82 Å². The Hall–Kier alpha value is -2.48. The first-order chi connectivity index (χ1) is 12.1. The van der Waals surface area contributed by atoms with Crippen LogP contribution in [0, 0.1) is 0 Å². The van der Waals surface area contributed by atoms with Crippen LogP contribution in [0.5, 0.6) is 23.0 Å². The summed E-state index contributed by atoms with van der Waals surface area (Å²) in [6.45, 7) is 2.32. The smallest absolute Gasteiger partial charge is 0.258 e. The van der Waals surface area contributed by atoms with E-state index in [2.05, 4.69) is 26.2 Å². The van der Waals surface area contributed by atoms with Crippen molar-refractivity contribution in [2.45, 2.75) is 6.92 Å². The number of benzene rings is 1. The van der Waals surface area contributed by atoms with Crippen molar-refractivity contribution in [1.29, 1.82) is 0 Å². The number of halogens is 1. The number of aromatic nitrogens is 1. The van der Waals surface area contributed by atoms with E-state index in [4.69, 9.17) is 18.9 Å². The average Bonchev–Trinajstić information content (AvgIpc) is 2.62. The van der Waals surface area contributed by atoms with Gasteiger partial charge in [0, 0.05) is 6.20 Å². The van der Waals surface area contributed by atoms with Crippen molar-refractivity contribution in [3.63, 3.8) is 0 Å². The lowest BCUT2D eigenvalue weighted by molar-refractivity contribution is 0.102. The Kier molecular flexibility index (Phi) is 6.46. The molecule has 0 saturated heterocycles. The predicted octanol–water partition coefficient (Wildman–Crippen LogP) is 3.52. The van der Waals surface area contributed by atoms with Crippen LogP contribution in [0.2, 0.25) is 0 Å². The third-order valence-electron chi connectivity index (χ3n) is 3.32. The molecule has 7 nitrogen and oxygen atoms in total. The van der Waals surface area contributed by atoms with Gasteiger partial charge >= 0.3 is 0 Å². The zero-order valence-electron chi connectivity index (χ0n) is 14.4. The maximum Gasteiger partial charge on any atom is 0.258 e. The number of amides is 1. The van der Waals surface area contributed by atoms with E-state index in [0.717, 1.165) is 0 Å². The van der Waals surface area contributed by atoms with Gasteiger partial charge in [-0.15, -0.1) is 0 Å². The van der Waals surface area contributed by atoms with Crippen molar-refractivity contribution >= 4 is 27.7 Å². The molecule has 8 heteroatoms. The second kappa shape index (κ2) is 8.57. The van der Waals surface area contributed by atoms with E-state index in [1.54, 1.807) is 24.4 Å². The van der Waals surface area contributed by atoms with E-state index < -0.39 is 5.91 Å². The summed E-state index contributed by atoms with van der Waals surface area (Å²) in [4.78, 5) is 16.9. The van der Waals surface area contributed by atoms with Crippen LogP contribution in [-0.2, 0) is 0 Å². The first kappa shape index (κ1) is 18.9. The Morgan fingerprint density at radius 2 is 1.88 bits per heavy atom. The summed E-state index contributed by atoms with van der Waals surface area (Å²) in [6, 6.07) is 5.02. The molecule has 0 saturated carbocycles. The molecule has 0 radical (unpaired) electrons. The number of hydrogen-bond acceptors (Lipinski definition) is 6. The van der Waals surface area contributed by atoms with E-state index in [1.165, 1.54) is 21.3 Å². The molecule has 1 heterocycles. The van der Waals surface area contributed by atoms with Gasteiger partial charge < -0.3 is 24.3 Å². The number of nitrogens with zero attached hydrogens (tertiary/aromatic N) is 1. The molecule has 0 aliphatic carbocycles. The molecule has 2 aromatic rings. The Balaban J connectivity index is 2.43. The van der Waals surface area contributed by atoms with Crippen LogP contribution in [0.15, 0.2) is 28.9 Å². The topological polar surface area (TPSA) is 78.9 Å². The molecule has 134 valence electrons. The first-order valence-electron chi connectivity index (χ1n) is 7.44. The molecule has 0 bridgehead atoms. The molecule has 0 spiro atoms. The summed E-state index contributed by atoms with van der Waals surface area (Å²) in [5.41, 5.74) is 0.308. The van der Waals surface area contributed by atoms with E-state index in [9.17, 15) is 4.79 Å². The normalized spacial score (nSPS) is 10.1. The Labute approximate surface area is 154 Å². The van der Waals surface area contributed by atoms with Gasteiger partial charge in [-0.3, -0.25) is 4.79 Å². The van der Waals surface area contributed by atoms with Crippen molar-refractivity contribution in [1.82, 2.24) is 4.98 Å². The number of anilines is 1. The molecule has 2 rings (SSSR count). The Bertz CT molecular complexity index is 767. The fourth-order valence-corrected chi connectivity index (χ4v) is 2.85. The van der Waals surface area contributed by atoms with Crippen molar-refractivity contribution in [2.75, 3.05) is 33.3 Å². The predicted molar refractivity (Wildman–Crippen MR) is 97.2 cm³/mol. The van der Waals surface area contributed by atoms with Crippen LogP contribution in [0.3, 0.4) is 0 Å². The van der Waals surface area contributed by atoms with Gasteiger partial charge in [0.2, 0.25) is 5.75 Å². The third-order valence-corrected chi connectivity index (χ3v) is 4.10. The molecule has 0 aliphatic heterocycles. The second-order valence-electron chi connectivity index (χ2n) is 4.74. The highest BCUT2D eigenvalue weighted by molar-refractivity contribution is 9.10. The molecule has 0 aliphatic rings. The van der Waals surface area contributed by atoms with Gasteiger partial charge in [0.15, 0.2) is 23.1 Å². The fraction of sp³-hybridized carbons (Fsp3) is 0.294. The second-order valence-corrected chi connectivity index (χ2v) is 5.54. The molecule has 0 atom stereocenters. The SMILES string of the molecule is CCOc1cccnc1NC(=O)c1cc(OC)c(OC)c(OC)c1Br. The highest BCUT2D eigenvalue weighted by Gasteiger charge is 2.23.